The van der Waals surface area contributed by atoms with Gasteiger partial charge >= 0.3 is 11.9 Å². The highest BCUT2D eigenvalue weighted by Gasteiger charge is 2.12. The number of nitrogens with one attached hydrogen (secondary N) is 2. The zero-order valence-corrected chi connectivity index (χ0v) is 17.1. The number of esters is 2. The lowest BCUT2D eigenvalue weighted by atomic mass is 10.2. The lowest BCUT2D eigenvalue weighted by molar-refractivity contribution is -0.146. The molecule has 0 radical (unpaired) electrons. The molecular formula is C23H24N2O6. The molecule has 0 aliphatic rings. The van der Waals surface area contributed by atoms with Gasteiger partial charge in [0.25, 0.3) is 11.8 Å². The molecule has 2 rings (SSSR count). The standard InChI is InChI=1S/C23H24N2O6/c1-17(23(29)31-16-21(27)25-14-19-10-6-3-7-11-19)12-22(28)30-15-20(26)24-13-18-8-4-2-5-9-18/h2-12H,13-16H2,1H3,(H,24,26)(H,25,27)/b17-12+. The number of ether oxygens (including phenoxy) is 2. The molecule has 2 amide bonds. The molecule has 0 bridgehead atoms. The first-order chi connectivity index (χ1) is 14.9. The zero-order chi connectivity index (χ0) is 22.5. The van der Waals surface area contributed by atoms with E-state index >= 15 is 0 Å². The van der Waals surface area contributed by atoms with E-state index in [1.807, 2.05) is 60.7 Å². The Morgan fingerprint density at radius 1 is 0.742 bits per heavy atom. The molecule has 0 aromatic heterocycles. The summed E-state index contributed by atoms with van der Waals surface area (Å²) in [6.45, 7) is 1.01. The molecule has 31 heavy (non-hydrogen) atoms. The van der Waals surface area contributed by atoms with Gasteiger partial charge in [-0.3, -0.25) is 9.59 Å². The maximum Gasteiger partial charge on any atom is 0.334 e. The monoisotopic (exact) mass is 424 g/mol. The van der Waals surface area contributed by atoms with E-state index in [1.54, 1.807) is 0 Å². The number of hydrogen-bond acceptors (Lipinski definition) is 6. The van der Waals surface area contributed by atoms with Gasteiger partial charge in [-0.05, 0) is 18.1 Å². The van der Waals surface area contributed by atoms with Crippen LogP contribution in [0.3, 0.4) is 0 Å². The summed E-state index contributed by atoms with van der Waals surface area (Å²) in [6, 6.07) is 18.5. The highest BCUT2D eigenvalue weighted by molar-refractivity contribution is 5.97. The molecule has 162 valence electrons. The molecule has 0 unspecified atom stereocenters. The van der Waals surface area contributed by atoms with Gasteiger partial charge in [0.1, 0.15) is 0 Å². The maximum absolute atomic E-state index is 11.9. The van der Waals surface area contributed by atoms with Crippen molar-refractivity contribution >= 4 is 23.8 Å². The lowest BCUT2D eigenvalue weighted by Crippen LogP contribution is -2.29. The number of carbonyl (C=O) groups excluding carboxylic acids is 4. The highest BCUT2D eigenvalue weighted by atomic mass is 16.5. The van der Waals surface area contributed by atoms with Crippen LogP contribution in [-0.2, 0) is 41.7 Å². The van der Waals surface area contributed by atoms with E-state index in [9.17, 15) is 19.2 Å². The van der Waals surface area contributed by atoms with Gasteiger partial charge in [0.2, 0.25) is 0 Å². The number of rotatable bonds is 10. The lowest BCUT2D eigenvalue weighted by Gasteiger charge is -2.07. The normalized spacial score (nSPS) is 10.7. The van der Waals surface area contributed by atoms with Gasteiger partial charge < -0.3 is 20.1 Å². The van der Waals surface area contributed by atoms with E-state index in [2.05, 4.69) is 10.6 Å². The first-order valence-electron chi connectivity index (χ1n) is 9.57. The third-order valence-electron chi connectivity index (χ3n) is 4.00. The quantitative estimate of drug-likeness (QED) is 0.443. The van der Waals surface area contributed by atoms with Gasteiger partial charge in [0.05, 0.1) is 0 Å². The summed E-state index contributed by atoms with van der Waals surface area (Å²) >= 11 is 0. The Kier molecular flexibility index (Phi) is 9.48. The van der Waals surface area contributed by atoms with Crippen molar-refractivity contribution in [2.75, 3.05) is 13.2 Å². The van der Waals surface area contributed by atoms with Crippen molar-refractivity contribution < 1.29 is 28.7 Å². The summed E-state index contributed by atoms with van der Waals surface area (Å²) in [5, 5.41) is 5.23. The summed E-state index contributed by atoms with van der Waals surface area (Å²) in [5.41, 5.74) is 1.77. The van der Waals surface area contributed by atoms with Gasteiger partial charge in [-0.2, -0.15) is 0 Å². The fraction of sp³-hybridized carbons (Fsp3) is 0.217. The first kappa shape index (κ1) is 23.3. The van der Waals surface area contributed by atoms with Crippen molar-refractivity contribution in [3.63, 3.8) is 0 Å². The van der Waals surface area contributed by atoms with Gasteiger partial charge in [-0.1, -0.05) is 60.7 Å². The van der Waals surface area contributed by atoms with Crippen LogP contribution in [0.15, 0.2) is 72.3 Å². The molecule has 8 nitrogen and oxygen atoms in total. The Hall–Kier alpha value is -3.94. The minimum Gasteiger partial charge on any atom is -0.452 e. The van der Waals surface area contributed by atoms with E-state index in [0.29, 0.717) is 13.1 Å². The van der Waals surface area contributed by atoms with Crippen LogP contribution in [0.5, 0.6) is 0 Å². The number of carbonyl (C=O) groups is 4. The maximum atomic E-state index is 11.9. The molecule has 0 spiro atoms. The summed E-state index contributed by atoms with van der Waals surface area (Å²) in [7, 11) is 0. The van der Waals surface area contributed by atoms with Crippen LogP contribution in [0.25, 0.3) is 0 Å². The summed E-state index contributed by atoms with van der Waals surface area (Å²) < 4.78 is 9.67. The molecule has 2 aromatic rings. The van der Waals surface area contributed by atoms with Crippen LogP contribution in [0.1, 0.15) is 18.1 Å². The Labute approximate surface area is 180 Å². The number of benzene rings is 2. The van der Waals surface area contributed by atoms with E-state index in [1.165, 1.54) is 6.92 Å². The average molecular weight is 424 g/mol. The Morgan fingerprint density at radius 3 is 1.68 bits per heavy atom. The van der Waals surface area contributed by atoms with Crippen molar-refractivity contribution in [2.24, 2.45) is 0 Å². The minimum atomic E-state index is -0.863. The highest BCUT2D eigenvalue weighted by Crippen LogP contribution is 2.00. The van der Waals surface area contributed by atoms with Crippen molar-refractivity contribution in [1.29, 1.82) is 0 Å². The third kappa shape index (κ3) is 9.40. The van der Waals surface area contributed by atoms with Crippen LogP contribution in [0.4, 0.5) is 0 Å². The predicted octanol–water partition coefficient (Wildman–Crippen LogP) is 1.65. The largest absolute Gasteiger partial charge is 0.452 e. The zero-order valence-electron chi connectivity index (χ0n) is 17.1. The van der Waals surface area contributed by atoms with E-state index in [4.69, 9.17) is 9.47 Å². The van der Waals surface area contributed by atoms with Gasteiger partial charge in [0.15, 0.2) is 13.2 Å². The average Bonchev–Trinajstić information content (AvgIpc) is 2.79. The molecule has 0 saturated carbocycles. The topological polar surface area (TPSA) is 111 Å². The molecule has 0 atom stereocenters. The molecule has 0 aliphatic carbocycles. The van der Waals surface area contributed by atoms with E-state index < -0.39 is 37.0 Å². The van der Waals surface area contributed by atoms with Gasteiger partial charge in [-0.25, -0.2) is 9.59 Å². The molecule has 0 heterocycles. The second-order valence-corrected chi connectivity index (χ2v) is 6.54. The summed E-state index contributed by atoms with van der Waals surface area (Å²) in [4.78, 5) is 47.2. The van der Waals surface area contributed by atoms with Crippen molar-refractivity contribution in [2.45, 2.75) is 20.0 Å². The number of hydrogen-bond donors (Lipinski definition) is 2. The van der Waals surface area contributed by atoms with Crippen molar-refractivity contribution in [1.82, 2.24) is 10.6 Å². The smallest absolute Gasteiger partial charge is 0.334 e. The fourth-order valence-electron chi connectivity index (χ4n) is 2.35. The Bertz CT molecular complexity index is 926. The van der Waals surface area contributed by atoms with E-state index in [-0.39, 0.29) is 5.57 Å². The van der Waals surface area contributed by atoms with Crippen LogP contribution < -0.4 is 10.6 Å². The molecule has 0 fully saturated rings. The molecule has 0 aliphatic heterocycles. The first-order valence-corrected chi connectivity index (χ1v) is 9.57. The fourth-order valence-corrected chi connectivity index (χ4v) is 2.35. The van der Waals surface area contributed by atoms with Crippen LogP contribution >= 0.6 is 0 Å². The van der Waals surface area contributed by atoms with Crippen molar-refractivity contribution in [3.8, 4) is 0 Å². The second kappa shape index (κ2) is 12.6. The predicted molar refractivity (Wildman–Crippen MR) is 112 cm³/mol. The van der Waals surface area contributed by atoms with Gasteiger partial charge in [0, 0.05) is 24.7 Å². The second-order valence-electron chi connectivity index (χ2n) is 6.54. The molecule has 2 N–H and O–H groups in total. The van der Waals surface area contributed by atoms with Crippen LogP contribution in [0, 0.1) is 0 Å². The minimum absolute atomic E-state index is 0.0504. The molecular weight excluding hydrogens is 400 g/mol. The van der Waals surface area contributed by atoms with Crippen LogP contribution in [0.2, 0.25) is 0 Å². The third-order valence-corrected chi connectivity index (χ3v) is 4.00. The molecule has 0 saturated heterocycles. The van der Waals surface area contributed by atoms with Crippen LogP contribution in [-0.4, -0.2) is 37.0 Å². The molecule has 2 aromatic carbocycles. The number of amides is 2. The Balaban J connectivity index is 1.65. The SMILES string of the molecule is C/C(=C\C(=O)OCC(=O)NCc1ccccc1)C(=O)OCC(=O)NCc1ccccc1. The molecule has 8 heteroatoms. The Morgan fingerprint density at radius 2 is 1.19 bits per heavy atom. The van der Waals surface area contributed by atoms with E-state index in [0.717, 1.165) is 17.2 Å². The van der Waals surface area contributed by atoms with Gasteiger partial charge in [-0.15, -0.1) is 0 Å². The summed E-state index contributed by atoms with van der Waals surface area (Å²) in [6.07, 6.45) is 0.911. The van der Waals surface area contributed by atoms with Crippen molar-refractivity contribution in [3.05, 3.63) is 83.4 Å². The summed E-state index contributed by atoms with van der Waals surface area (Å²) in [5.74, 6) is -2.64.